The summed E-state index contributed by atoms with van der Waals surface area (Å²) in [5.74, 6) is 0. The van der Waals surface area contributed by atoms with Crippen molar-refractivity contribution in [2.24, 2.45) is 0 Å². The van der Waals surface area contributed by atoms with Gasteiger partial charge in [-0.15, -0.1) is 0 Å². The summed E-state index contributed by atoms with van der Waals surface area (Å²) in [5.41, 5.74) is 3.79. The van der Waals surface area contributed by atoms with Crippen molar-refractivity contribution in [3.63, 3.8) is 0 Å². The fourth-order valence-corrected chi connectivity index (χ4v) is 3.84. The molecule has 2 saturated heterocycles. The molecule has 0 amide bonds. The van der Waals surface area contributed by atoms with Crippen molar-refractivity contribution >= 4 is 17.3 Å². The van der Waals surface area contributed by atoms with E-state index in [4.69, 9.17) is 11.6 Å². The van der Waals surface area contributed by atoms with E-state index in [1.54, 1.807) is 0 Å². The molecule has 0 spiro atoms. The molecular weight excluding hydrogens is 244 g/mol. The Balaban J connectivity index is 1.77. The number of benzene rings is 1. The van der Waals surface area contributed by atoms with Gasteiger partial charge in [-0.1, -0.05) is 11.6 Å². The van der Waals surface area contributed by atoms with Crippen LogP contribution in [0.15, 0.2) is 12.1 Å². The van der Waals surface area contributed by atoms with Gasteiger partial charge in [-0.25, -0.2) is 0 Å². The third kappa shape index (κ3) is 2.36. The Morgan fingerprint density at radius 1 is 1.11 bits per heavy atom. The monoisotopic (exact) mass is 264 g/mol. The van der Waals surface area contributed by atoms with Gasteiger partial charge in [0.05, 0.1) is 0 Å². The average molecular weight is 265 g/mol. The molecule has 2 nitrogen and oxygen atoms in total. The standard InChI is InChI=1S/C15H21ClN2/c1-9-5-11(16)6-10(2)15(9)18-14-7-12-3-4-13(8-14)17-12/h5-6,12-14,17-18H,3-4,7-8H2,1-2H3. The summed E-state index contributed by atoms with van der Waals surface area (Å²) < 4.78 is 0. The molecule has 2 bridgehead atoms. The van der Waals surface area contributed by atoms with Crippen LogP contribution < -0.4 is 10.6 Å². The van der Waals surface area contributed by atoms with Gasteiger partial charge in [0, 0.05) is 28.8 Å². The van der Waals surface area contributed by atoms with Crippen LogP contribution in [-0.4, -0.2) is 18.1 Å². The van der Waals surface area contributed by atoms with Crippen LogP contribution in [0, 0.1) is 13.8 Å². The van der Waals surface area contributed by atoms with Crippen molar-refractivity contribution < 1.29 is 0 Å². The van der Waals surface area contributed by atoms with Crippen LogP contribution in [0.2, 0.25) is 5.02 Å². The maximum atomic E-state index is 6.08. The van der Waals surface area contributed by atoms with Crippen LogP contribution >= 0.6 is 11.6 Å². The molecule has 2 aliphatic rings. The van der Waals surface area contributed by atoms with Gasteiger partial charge in [-0.2, -0.15) is 0 Å². The second-order valence-electron chi connectivity index (χ2n) is 5.87. The smallest absolute Gasteiger partial charge is 0.0412 e. The summed E-state index contributed by atoms with van der Waals surface area (Å²) in [7, 11) is 0. The highest BCUT2D eigenvalue weighted by Crippen LogP contribution is 2.31. The molecule has 0 aromatic heterocycles. The SMILES string of the molecule is Cc1cc(Cl)cc(C)c1NC1CC2CCC(C1)N2. The molecule has 1 aromatic rings. The Bertz CT molecular complexity index is 423. The lowest BCUT2D eigenvalue weighted by atomic mass is 9.98. The predicted molar refractivity (Wildman–Crippen MR) is 77.5 cm³/mol. The molecule has 2 atom stereocenters. The normalized spacial score (nSPS) is 30.5. The van der Waals surface area contributed by atoms with Crippen LogP contribution in [0.25, 0.3) is 0 Å². The molecular formula is C15H21ClN2. The zero-order chi connectivity index (χ0) is 12.7. The van der Waals surface area contributed by atoms with E-state index in [0.29, 0.717) is 6.04 Å². The van der Waals surface area contributed by atoms with E-state index in [9.17, 15) is 0 Å². The van der Waals surface area contributed by atoms with Crippen molar-refractivity contribution in [1.82, 2.24) is 5.32 Å². The quantitative estimate of drug-likeness (QED) is 0.852. The first-order valence-electron chi connectivity index (χ1n) is 6.91. The fraction of sp³-hybridized carbons (Fsp3) is 0.600. The molecule has 2 heterocycles. The minimum atomic E-state index is 0.613. The summed E-state index contributed by atoms with van der Waals surface area (Å²) in [6.07, 6.45) is 5.19. The first kappa shape index (κ1) is 12.3. The molecule has 2 unspecified atom stereocenters. The first-order chi connectivity index (χ1) is 8.61. The fourth-order valence-electron chi connectivity index (χ4n) is 3.52. The number of hydrogen-bond donors (Lipinski definition) is 2. The van der Waals surface area contributed by atoms with Crippen molar-refractivity contribution in [1.29, 1.82) is 0 Å². The largest absolute Gasteiger partial charge is 0.382 e. The maximum absolute atomic E-state index is 6.08. The Hall–Kier alpha value is -0.730. The number of aryl methyl sites for hydroxylation is 2. The van der Waals surface area contributed by atoms with Crippen LogP contribution in [0.3, 0.4) is 0 Å². The van der Waals surface area contributed by atoms with Gasteiger partial charge >= 0.3 is 0 Å². The number of hydrogen-bond acceptors (Lipinski definition) is 2. The molecule has 2 fully saturated rings. The van der Waals surface area contributed by atoms with E-state index in [2.05, 4.69) is 24.5 Å². The highest BCUT2D eigenvalue weighted by Gasteiger charge is 2.33. The Morgan fingerprint density at radius 2 is 1.67 bits per heavy atom. The minimum absolute atomic E-state index is 0.613. The summed E-state index contributed by atoms with van der Waals surface area (Å²) >= 11 is 6.08. The lowest BCUT2D eigenvalue weighted by Crippen LogP contribution is -2.43. The molecule has 2 aliphatic heterocycles. The van der Waals surface area contributed by atoms with Gasteiger partial charge < -0.3 is 10.6 Å². The van der Waals surface area contributed by atoms with E-state index >= 15 is 0 Å². The number of anilines is 1. The van der Waals surface area contributed by atoms with Crippen molar-refractivity contribution in [2.45, 2.75) is 57.7 Å². The first-order valence-corrected chi connectivity index (χ1v) is 7.29. The van der Waals surface area contributed by atoms with E-state index in [1.807, 2.05) is 12.1 Å². The van der Waals surface area contributed by atoms with E-state index < -0.39 is 0 Å². The number of nitrogens with one attached hydrogen (secondary N) is 2. The number of piperidine rings is 1. The van der Waals surface area contributed by atoms with Gasteiger partial charge in [0.2, 0.25) is 0 Å². The highest BCUT2D eigenvalue weighted by atomic mass is 35.5. The zero-order valence-corrected chi connectivity index (χ0v) is 11.8. The van der Waals surface area contributed by atoms with E-state index in [0.717, 1.165) is 17.1 Å². The summed E-state index contributed by atoms with van der Waals surface area (Å²) in [4.78, 5) is 0. The highest BCUT2D eigenvalue weighted by molar-refractivity contribution is 6.30. The van der Waals surface area contributed by atoms with E-state index in [1.165, 1.54) is 42.5 Å². The molecule has 0 aliphatic carbocycles. The van der Waals surface area contributed by atoms with Gasteiger partial charge in [-0.3, -0.25) is 0 Å². The van der Waals surface area contributed by atoms with Gasteiger partial charge in [0.1, 0.15) is 0 Å². The van der Waals surface area contributed by atoms with Crippen molar-refractivity contribution in [3.05, 3.63) is 28.3 Å². The van der Waals surface area contributed by atoms with Crippen LogP contribution in [0.5, 0.6) is 0 Å². The van der Waals surface area contributed by atoms with Gasteiger partial charge in [-0.05, 0) is 62.8 Å². The Kier molecular flexibility index (Phi) is 3.25. The molecule has 2 N–H and O–H groups in total. The van der Waals surface area contributed by atoms with Crippen LogP contribution in [0.4, 0.5) is 5.69 Å². The lowest BCUT2D eigenvalue weighted by molar-refractivity contribution is 0.378. The third-order valence-electron chi connectivity index (χ3n) is 4.32. The molecule has 3 rings (SSSR count). The number of rotatable bonds is 2. The van der Waals surface area contributed by atoms with Crippen LogP contribution in [0.1, 0.15) is 36.8 Å². The molecule has 3 heteroatoms. The second kappa shape index (κ2) is 4.75. The molecule has 98 valence electrons. The maximum Gasteiger partial charge on any atom is 0.0412 e. The zero-order valence-electron chi connectivity index (χ0n) is 11.1. The second-order valence-corrected chi connectivity index (χ2v) is 6.30. The summed E-state index contributed by atoms with van der Waals surface area (Å²) in [6.45, 7) is 4.27. The van der Waals surface area contributed by atoms with E-state index in [-0.39, 0.29) is 0 Å². The average Bonchev–Trinajstić information content (AvgIpc) is 2.63. The van der Waals surface area contributed by atoms with Gasteiger partial charge in [0.25, 0.3) is 0 Å². The van der Waals surface area contributed by atoms with Crippen molar-refractivity contribution in [3.8, 4) is 0 Å². The van der Waals surface area contributed by atoms with Crippen molar-refractivity contribution in [2.75, 3.05) is 5.32 Å². The topological polar surface area (TPSA) is 24.1 Å². The Morgan fingerprint density at radius 3 is 2.22 bits per heavy atom. The molecule has 0 radical (unpaired) electrons. The predicted octanol–water partition coefficient (Wildman–Crippen LogP) is 3.65. The van der Waals surface area contributed by atoms with Gasteiger partial charge in [0.15, 0.2) is 0 Å². The van der Waals surface area contributed by atoms with Crippen LogP contribution in [-0.2, 0) is 0 Å². The summed E-state index contributed by atoms with van der Waals surface area (Å²) in [5, 5.41) is 8.26. The number of halogens is 1. The third-order valence-corrected chi connectivity index (χ3v) is 4.54. The number of fused-ring (bicyclic) bond motifs is 2. The molecule has 18 heavy (non-hydrogen) atoms. The minimum Gasteiger partial charge on any atom is -0.382 e. The lowest BCUT2D eigenvalue weighted by Gasteiger charge is -2.31. The Labute approximate surface area is 114 Å². The summed E-state index contributed by atoms with van der Waals surface area (Å²) in [6, 6.07) is 6.17. The molecule has 1 aromatic carbocycles. The molecule has 0 saturated carbocycles.